The van der Waals surface area contributed by atoms with Gasteiger partial charge in [-0.1, -0.05) is 124 Å². The molecule has 0 aromatic heterocycles. The van der Waals surface area contributed by atoms with Gasteiger partial charge in [0.1, 0.15) is 11.5 Å². The molecule has 0 spiro atoms. The summed E-state index contributed by atoms with van der Waals surface area (Å²) >= 11 is 0. The minimum absolute atomic E-state index is 0.352. The fourth-order valence-electron chi connectivity index (χ4n) is 4.54. The van der Waals surface area contributed by atoms with E-state index in [4.69, 9.17) is 9.47 Å². The van der Waals surface area contributed by atoms with E-state index >= 15 is 0 Å². The maximum atomic E-state index is 12.3. The molecule has 5 aromatic rings. The third kappa shape index (κ3) is 9.76. The van der Waals surface area contributed by atoms with E-state index in [9.17, 15) is 9.59 Å². The molecular weight excluding hydrogens is 568 g/mol. The Balaban J connectivity index is 0.000000230. The second kappa shape index (κ2) is 16.6. The standard InChI is InChI=1S/C26H26O2.C16H14O2/c1-4-19(3)18-21-8-10-22(11-9-21)23-14-16-25(17-15-23)28-26(27)24-12-6-20(5-2)7-13-24;1-3-13-6-8-14(9-7-13)16(17)18-15-10-4-12(2)5-11-15/h5-17,19H,2,4,18H2,1,3H3;3-11H,1H2,2H3. The maximum Gasteiger partial charge on any atom is 0.343 e. The molecule has 5 aromatic carbocycles. The Bertz CT molecular complexity index is 1730. The van der Waals surface area contributed by atoms with Gasteiger partial charge in [0.05, 0.1) is 11.1 Å². The van der Waals surface area contributed by atoms with Crippen molar-refractivity contribution in [2.24, 2.45) is 5.92 Å². The normalized spacial score (nSPS) is 10.9. The van der Waals surface area contributed by atoms with Crippen LogP contribution in [0.4, 0.5) is 0 Å². The van der Waals surface area contributed by atoms with Crippen LogP contribution in [0.25, 0.3) is 23.3 Å². The van der Waals surface area contributed by atoms with Crippen molar-refractivity contribution in [3.05, 3.63) is 168 Å². The molecule has 4 nitrogen and oxygen atoms in total. The third-order valence-electron chi connectivity index (χ3n) is 7.63. The summed E-state index contributed by atoms with van der Waals surface area (Å²) < 4.78 is 10.7. The fraction of sp³-hybridized carbons (Fsp3) is 0.143. The average molecular weight is 609 g/mol. The molecule has 0 aliphatic heterocycles. The van der Waals surface area contributed by atoms with E-state index in [1.54, 1.807) is 48.6 Å². The summed E-state index contributed by atoms with van der Waals surface area (Å²) in [5.41, 5.74) is 7.75. The van der Waals surface area contributed by atoms with Gasteiger partial charge < -0.3 is 9.47 Å². The molecule has 0 fully saturated rings. The fourth-order valence-corrected chi connectivity index (χ4v) is 4.54. The van der Waals surface area contributed by atoms with E-state index in [-0.39, 0.29) is 11.9 Å². The number of carbonyl (C=O) groups excluding carboxylic acids is 2. The van der Waals surface area contributed by atoms with Crippen LogP contribution >= 0.6 is 0 Å². The first-order chi connectivity index (χ1) is 22.3. The van der Waals surface area contributed by atoms with Gasteiger partial charge in [0.15, 0.2) is 0 Å². The number of aryl methyl sites for hydroxylation is 1. The molecule has 0 radical (unpaired) electrons. The van der Waals surface area contributed by atoms with Gasteiger partial charge in [-0.2, -0.15) is 0 Å². The van der Waals surface area contributed by atoms with Crippen LogP contribution in [0, 0.1) is 12.8 Å². The Morgan fingerprint density at radius 2 is 1.00 bits per heavy atom. The van der Waals surface area contributed by atoms with Crippen LogP contribution in [-0.4, -0.2) is 11.9 Å². The molecule has 0 aliphatic carbocycles. The number of hydrogen-bond donors (Lipinski definition) is 0. The Labute approximate surface area is 272 Å². The minimum atomic E-state index is -0.363. The van der Waals surface area contributed by atoms with Crippen molar-refractivity contribution in [3.8, 4) is 22.6 Å². The van der Waals surface area contributed by atoms with Crippen molar-refractivity contribution in [3.63, 3.8) is 0 Å². The number of rotatable bonds is 10. The average Bonchev–Trinajstić information content (AvgIpc) is 3.10. The van der Waals surface area contributed by atoms with Gasteiger partial charge in [-0.05, 0) is 95.6 Å². The monoisotopic (exact) mass is 608 g/mol. The van der Waals surface area contributed by atoms with Crippen molar-refractivity contribution >= 4 is 24.1 Å². The Morgan fingerprint density at radius 1 is 0.609 bits per heavy atom. The molecule has 0 saturated carbocycles. The predicted octanol–water partition coefficient (Wildman–Crippen LogP) is 10.7. The minimum Gasteiger partial charge on any atom is -0.423 e. The molecule has 46 heavy (non-hydrogen) atoms. The van der Waals surface area contributed by atoms with E-state index in [1.807, 2.05) is 67.6 Å². The van der Waals surface area contributed by atoms with Crippen molar-refractivity contribution in [2.45, 2.75) is 33.6 Å². The summed E-state index contributed by atoms with van der Waals surface area (Å²) in [6.07, 6.45) is 5.78. The van der Waals surface area contributed by atoms with Crippen LogP contribution in [0.5, 0.6) is 11.5 Å². The van der Waals surface area contributed by atoms with Crippen molar-refractivity contribution < 1.29 is 19.1 Å². The third-order valence-corrected chi connectivity index (χ3v) is 7.63. The Hall–Kier alpha value is -5.48. The highest BCUT2D eigenvalue weighted by Gasteiger charge is 2.10. The van der Waals surface area contributed by atoms with E-state index < -0.39 is 0 Å². The van der Waals surface area contributed by atoms with Gasteiger partial charge in [0, 0.05) is 0 Å². The van der Waals surface area contributed by atoms with Gasteiger partial charge >= 0.3 is 11.9 Å². The quantitative estimate of drug-likeness (QED) is 0.117. The molecule has 0 N–H and O–H groups in total. The SMILES string of the molecule is C=Cc1ccc(C(=O)Oc2ccc(-c3ccc(CC(C)CC)cc3)cc2)cc1.C=Cc1ccc(C(=O)Oc2ccc(C)cc2)cc1. The lowest BCUT2D eigenvalue weighted by molar-refractivity contribution is 0.0725. The van der Waals surface area contributed by atoms with Gasteiger partial charge in [-0.15, -0.1) is 0 Å². The van der Waals surface area contributed by atoms with Crippen molar-refractivity contribution in [2.75, 3.05) is 0 Å². The van der Waals surface area contributed by atoms with Crippen LogP contribution in [0.15, 0.2) is 134 Å². The summed E-state index contributed by atoms with van der Waals surface area (Å²) in [5, 5.41) is 0. The number of hydrogen-bond acceptors (Lipinski definition) is 4. The maximum absolute atomic E-state index is 12.3. The molecule has 0 saturated heterocycles. The highest BCUT2D eigenvalue weighted by molar-refractivity contribution is 5.92. The lowest BCUT2D eigenvalue weighted by Crippen LogP contribution is -2.08. The van der Waals surface area contributed by atoms with Crippen LogP contribution < -0.4 is 9.47 Å². The zero-order valence-corrected chi connectivity index (χ0v) is 26.7. The number of benzene rings is 5. The summed E-state index contributed by atoms with van der Waals surface area (Å²) in [4.78, 5) is 24.1. The van der Waals surface area contributed by atoms with Crippen molar-refractivity contribution in [1.82, 2.24) is 0 Å². The lowest BCUT2D eigenvalue weighted by Gasteiger charge is -2.10. The topological polar surface area (TPSA) is 52.6 Å². The zero-order valence-electron chi connectivity index (χ0n) is 26.7. The summed E-state index contributed by atoms with van der Waals surface area (Å²) in [6, 6.07) is 38.0. The molecule has 5 rings (SSSR count). The second-order valence-electron chi connectivity index (χ2n) is 11.2. The number of ether oxygens (including phenoxy) is 2. The van der Waals surface area contributed by atoms with Gasteiger partial charge in [-0.3, -0.25) is 0 Å². The van der Waals surface area contributed by atoms with Gasteiger partial charge in [0.25, 0.3) is 0 Å². The van der Waals surface area contributed by atoms with Crippen LogP contribution in [0.3, 0.4) is 0 Å². The summed E-state index contributed by atoms with van der Waals surface area (Å²) in [7, 11) is 0. The number of esters is 2. The Morgan fingerprint density at radius 3 is 1.39 bits per heavy atom. The van der Waals surface area contributed by atoms with Crippen LogP contribution in [-0.2, 0) is 6.42 Å². The molecule has 232 valence electrons. The number of carbonyl (C=O) groups is 2. The van der Waals surface area contributed by atoms with Crippen LogP contribution in [0.1, 0.15) is 63.2 Å². The second-order valence-corrected chi connectivity index (χ2v) is 11.2. The molecule has 0 bridgehead atoms. The highest BCUT2D eigenvalue weighted by atomic mass is 16.5. The summed E-state index contributed by atoms with van der Waals surface area (Å²) in [6.45, 7) is 13.9. The predicted molar refractivity (Wildman–Crippen MR) is 189 cm³/mol. The van der Waals surface area contributed by atoms with E-state index in [2.05, 4.69) is 51.3 Å². The smallest absolute Gasteiger partial charge is 0.343 e. The first-order valence-electron chi connectivity index (χ1n) is 15.4. The molecule has 4 heteroatoms. The molecule has 1 atom stereocenters. The lowest BCUT2D eigenvalue weighted by atomic mass is 9.97. The van der Waals surface area contributed by atoms with Gasteiger partial charge in [0.2, 0.25) is 0 Å². The Kier molecular flexibility index (Phi) is 12.0. The molecule has 0 amide bonds. The molecule has 0 heterocycles. The van der Waals surface area contributed by atoms with Crippen molar-refractivity contribution in [1.29, 1.82) is 0 Å². The van der Waals surface area contributed by atoms with E-state index in [0.29, 0.717) is 28.5 Å². The van der Waals surface area contributed by atoms with E-state index in [1.165, 1.54) is 12.0 Å². The molecule has 1 unspecified atom stereocenters. The summed E-state index contributed by atoms with van der Waals surface area (Å²) in [5.74, 6) is 1.08. The first kappa shape index (κ1) is 33.4. The van der Waals surface area contributed by atoms with E-state index in [0.717, 1.165) is 34.2 Å². The first-order valence-corrected chi connectivity index (χ1v) is 15.4. The molecular formula is C42H40O4. The van der Waals surface area contributed by atoms with Gasteiger partial charge in [-0.25, -0.2) is 9.59 Å². The zero-order chi connectivity index (χ0) is 32.9. The van der Waals surface area contributed by atoms with Crippen LogP contribution in [0.2, 0.25) is 0 Å². The largest absolute Gasteiger partial charge is 0.423 e. The highest BCUT2D eigenvalue weighted by Crippen LogP contribution is 2.24. The molecule has 0 aliphatic rings.